The highest BCUT2D eigenvalue weighted by molar-refractivity contribution is 5.88. The number of imidazole rings is 1. The molecule has 0 saturated carbocycles. The lowest BCUT2D eigenvalue weighted by atomic mass is 10.0. The van der Waals surface area contributed by atoms with Crippen LogP contribution in [0.25, 0.3) is 0 Å². The van der Waals surface area contributed by atoms with Gasteiger partial charge in [-0.3, -0.25) is 15.3 Å². The van der Waals surface area contributed by atoms with Crippen LogP contribution in [-0.4, -0.2) is 33.9 Å². The maximum atomic E-state index is 12.1. The molecule has 0 fully saturated rings. The van der Waals surface area contributed by atoms with Gasteiger partial charge >= 0.3 is 0 Å². The van der Waals surface area contributed by atoms with E-state index in [1.807, 2.05) is 30.3 Å². The lowest BCUT2D eigenvalue weighted by Crippen LogP contribution is -2.50. The van der Waals surface area contributed by atoms with Gasteiger partial charge in [0.15, 0.2) is 0 Å². The van der Waals surface area contributed by atoms with Crippen molar-refractivity contribution in [1.82, 2.24) is 21.0 Å². The summed E-state index contributed by atoms with van der Waals surface area (Å²) in [5.74, 6) is -1.33. The molecule has 0 aliphatic carbocycles. The van der Waals surface area contributed by atoms with Gasteiger partial charge in [0.2, 0.25) is 5.91 Å². The summed E-state index contributed by atoms with van der Waals surface area (Å²) in [7, 11) is 0. The Bertz CT molecular complexity index is 612. The summed E-state index contributed by atoms with van der Waals surface area (Å²) >= 11 is 0. The fourth-order valence-electron chi connectivity index (χ4n) is 2.06. The number of benzene rings is 1. The molecule has 1 aromatic carbocycles. The monoisotopic (exact) mass is 300 g/mol. The molecule has 0 unspecified atom stereocenters. The number of nitrogens with one attached hydrogen (secondary N) is 3. The quantitative estimate of drug-likeness (QED) is 0.655. The van der Waals surface area contributed by atoms with Crippen LogP contribution in [0, 0.1) is 0 Å². The molecule has 0 spiro atoms. The van der Waals surface area contributed by atoms with Gasteiger partial charge in [0.05, 0.1) is 18.1 Å². The molecule has 2 rings (SSSR count). The Kier molecular flexibility index (Phi) is 5.26. The summed E-state index contributed by atoms with van der Waals surface area (Å²) in [4.78, 5) is 30.2. The zero-order chi connectivity index (χ0) is 15.9. The first kappa shape index (κ1) is 15.7. The van der Waals surface area contributed by atoms with Crippen molar-refractivity contribution >= 4 is 11.8 Å². The highest BCUT2D eigenvalue weighted by atomic mass is 16.2. The Balaban J connectivity index is 1.94. The molecule has 7 heteroatoms. The SMILES string of the molecule is [NH]C(=O)[C@H](Cc1c[nH]cn1)NC(=O)[C@@H](N)Cc1ccccc1. The highest BCUT2D eigenvalue weighted by Crippen LogP contribution is 2.03. The number of amides is 2. The van der Waals surface area contributed by atoms with Crippen molar-refractivity contribution < 1.29 is 9.59 Å². The second kappa shape index (κ2) is 7.37. The molecule has 2 aromatic rings. The Labute approximate surface area is 128 Å². The smallest absolute Gasteiger partial charge is 0.261 e. The Morgan fingerprint density at radius 2 is 2.00 bits per heavy atom. The van der Waals surface area contributed by atoms with Gasteiger partial charge in [0.1, 0.15) is 6.04 Å². The van der Waals surface area contributed by atoms with E-state index in [4.69, 9.17) is 11.5 Å². The van der Waals surface area contributed by atoms with Crippen LogP contribution >= 0.6 is 0 Å². The van der Waals surface area contributed by atoms with E-state index in [2.05, 4.69) is 15.3 Å². The molecule has 0 aliphatic rings. The molecule has 0 aliphatic heterocycles. The summed E-state index contributed by atoms with van der Waals surface area (Å²) in [6, 6.07) is 7.66. The van der Waals surface area contributed by atoms with Crippen LogP contribution < -0.4 is 16.8 Å². The van der Waals surface area contributed by atoms with Crippen molar-refractivity contribution in [2.24, 2.45) is 5.73 Å². The predicted molar refractivity (Wildman–Crippen MR) is 80.4 cm³/mol. The fraction of sp³-hybridized carbons (Fsp3) is 0.267. The first-order valence-corrected chi connectivity index (χ1v) is 6.89. The van der Waals surface area contributed by atoms with E-state index in [1.54, 1.807) is 6.20 Å². The first-order chi connectivity index (χ1) is 10.6. The molecule has 2 amide bonds. The number of nitrogens with zero attached hydrogens (tertiary/aromatic N) is 1. The number of aromatic nitrogens is 2. The topological polar surface area (TPSA) is 125 Å². The van der Waals surface area contributed by atoms with Gasteiger partial charge in [-0.05, 0) is 12.0 Å². The van der Waals surface area contributed by atoms with Gasteiger partial charge in [-0.25, -0.2) is 4.98 Å². The molecule has 1 aromatic heterocycles. The van der Waals surface area contributed by atoms with Crippen LogP contribution in [0.5, 0.6) is 0 Å². The number of carbonyl (C=O) groups is 2. The lowest BCUT2D eigenvalue weighted by Gasteiger charge is -2.17. The Hall–Kier alpha value is -2.67. The average molecular weight is 300 g/mol. The van der Waals surface area contributed by atoms with Crippen molar-refractivity contribution in [2.45, 2.75) is 24.9 Å². The molecule has 0 bridgehead atoms. The molecule has 5 N–H and O–H groups in total. The predicted octanol–water partition coefficient (Wildman–Crippen LogP) is -0.183. The summed E-state index contributed by atoms with van der Waals surface area (Å²) < 4.78 is 0. The number of aromatic amines is 1. The molecular weight excluding hydrogens is 282 g/mol. The Morgan fingerprint density at radius 3 is 2.59 bits per heavy atom. The second-order valence-corrected chi connectivity index (χ2v) is 4.99. The number of hydrogen-bond donors (Lipinski definition) is 3. The van der Waals surface area contributed by atoms with E-state index < -0.39 is 23.9 Å². The number of nitrogens with two attached hydrogens (primary N) is 1. The van der Waals surface area contributed by atoms with E-state index in [-0.39, 0.29) is 6.42 Å². The van der Waals surface area contributed by atoms with Gasteiger partial charge in [-0.1, -0.05) is 30.3 Å². The van der Waals surface area contributed by atoms with Gasteiger partial charge in [0, 0.05) is 12.6 Å². The van der Waals surface area contributed by atoms with Crippen molar-refractivity contribution in [2.75, 3.05) is 0 Å². The summed E-state index contributed by atoms with van der Waals surface area (Å²) in [5.41, 5.74) is 14.7. The van der Waals surface area contributed by atoms with Gasteiger partial charge in [-0.2, -0.15) is 0 Å². The summed E-state index contributed by atoms with van der Waals surface area (Å²) in [6.07, 6.45) is 3.62. The second-order valence-electron chi connectivity index (χ2n) is 4.99. The van der Waals surface area contributed by atoms with E-state index in [0.717, 1.165) is 5.56 Å². The third kappa shape index (κ3) is 4.42. The van der Waals surface area contributed by atoms with E-state index in [1.165, 1.54) is 6.33 Å². The van der Waals surface area contributed by atoms with Crippen LogP contribution in [0.2, 0.25) is 0 Å². The first-order valence-electron chi connectivity index (χ1n) is 6.89. The maximum absolute atomic E-state index is 12.1. The van der Waals surface area contributed by atoms with Crippen LogP contribution in [0.4, 0.5) is 0 Å². The summed E-state index contributed by atoms with van der Waals surface area (Å²) in [6.45, 7) is 0. The third-order valence-electron chi connectivity index (χ3n) is 3.24. The molecule has 0 saturated heterocycles. The lowest BCUT2D eigenvalue weighted by molar-refractivity contribution is -0.128. The van der Waals surface area contributed by atoms with Crippen molar-refractivity contribution in [1.29, 1.82) is 0 Å². The fourth-order valence-corrected chi connectivity index (χ4v) is 2.06. The van der Waals surface area contributed by atoms with Crippen LogP contribution in [0.1, 0.15) is 11.3 Å². The minimum atomic E-state index is -0.947. The molecule has 2 atom stereocenters. The van der Waals surface area contributed by atoms with Crippen molar-refractivity contribution in [3.05, 3.63) is 54.1 Å². The maximum Gasteiger partial charge on any atom is 0.261 e. The minimum absolute atomic E-state index is 0.162. The zero-order valence-corrected chi connectivity index (χ0v) is 12.0. The number of H-pyrrole nitrogens is 1. The van der Waals surface area contributed by atoms with Crippen molar-refractivity contribution in [3.8, 4) is 0 Å². The Morgan fingerprint density at radius 1 is 1.27 bits per heavy atom. The molecular formula is C15H18N5O2. The molecule has 22 heavy (non-hydrogen) atoms. The number of carbonyl (C=O) groups excluding carboxylic acids is 2. The van der Waals surface area contributed by atoms with Crippen LogP contribution in [0.15, 0.2) is 42.9 Å². The number of hydrogen-bond acceptors (Lipinski definition) is 4. The van der Waals surface area contributed by atoms with E-state index in [0.29, 0.717) is 12.1 Å². The third-order valence-corrected chi connectivity index (χ3v) is 3.24. The number of rotatable bonds is 7. The average Bonchev–Trinajstić information content (AvgIpc) is 3.00. The molecule has 1 heterocycles. The van der Waals surface area contributed by atoms with E-state index in [9.17, 15) is 9.59 Å². The van der Waals surface area contributed by atoms with Gasteiger partial charge < -0.3 is 16.0 Å². The minimum Gasteiger partial charge on any atom is -0.351 e. The summed E-state index contributed by atoms with van der Waals surface area (Å²) in [5, 5.41) is 2.52. The largest absolute Gasteiger partial charge is 0.351 e. The highest BCUT2D eigenvalue weighted by Gasteiger charge is 2.23. The van der Waals surface area contributed by atoms with Crippen molar-refractivity contribution in [3.63, 3.8) is 0 Å². The molecule has 115 valence electrons. The zero-order valence-electron chi connectivity index (χ0n) is 12.0. The van der Waals surface area contributed by atoms with E-state index >= 15 is 0 Å². The van der Waals surface area contributed by atoms with Gasteiger partial charge in [-0.15, -0.1) is 0 Å². The standard InChI is InChI=1S/C15H18N5O2/c16-12(6-10-4-2-1-3-5-10)15(22)20-13(14(17)21)7-11-8-18-9-19-11/h1-5,8-9,12-13,17H,6-7,16H2,(H,18,19)(H,20,22)/t12-,13-/m0/s1. The molecule has 7 nitrogen and oxygen atoms in total. The van der Waals surface area contributed by atoms with Gasteiger partial charge in [0.25, 0.3) is 5.91 Å². The molecule has 1 radical (unpaired) electrons. The normalized spacial score (nSPS) is 13.3. The van der Waals surface area contributed by atoms with Crippen LogP contribution in [-0.2, 0) is 22.4 Å². The van der Waals surface area contributed by atoms with Crippen LogP contribution in [0.3, 0.4) is 0 Å².